The molecule has 2 aromatic carbocycles. The number of hydrogen-bond donors (Lipinski definition) is 1. The molecule has 1 amide bonds. The van der Waals surface area contributed by atoms with Crippen LogP contribution in [-0.4, -0.2) is 33.7 Å². The van der Waals surface area contributed by atoms with Crippen molar-refractivity contribution in [3.05, 3.63) is 71.9 Å². The average Bonchev–Trinajstić information content (AvgIpc) is 3.20. The molecule has 8 heteroatoms. The first-order chi connectivity index (χ1) is 14.1. The first kappa shape index (κ1) is 18.3. The van der Waals surface area contributed by atoms with Crippen molar-refractivity contribution in [2.45, 2.75) is 6.92 Å². The highest BCUT2D eigenvalue weighted by Gasteiger charge is 2.16. The molecule has 0 aliphatic carbocycles. The van der Waals surface area contributed by atoms with Crippen LogP contribution in [0.25, 0.3) is 22.4 Å². The van der Waals surface area contributed by atoms with Crippen molar-refractivity contribution in [1.29, 1.82) is 0 Å². The summed E-state index contributed by atoms with van der Waals surface area (Å²) in [6, 6.07) is 17.9. The lowest BCUT2D eigenvalue weighted by atomic mass is 10.1. The molecule has 8 nitrogen and oxygen atoms in total. The lowest BCUT2D eigenvalue weighted by Crippen LogP contribution is -2.21. The van der Waals surface area contributed by atoms with E-state index in [4.69, 9.17) is 9.15 Å². The highest BCUT2D eigenvalue weighted by Crippen LogP contribution is 2.20. The highest BCUT2D eigenvalue weighted by atomic mass is 16.5. The second-order valence-corrected chi connectivity index (χ2v) is 6.23. The van der Waals surface area contributed by atoms with E-state index in [0.29, 0.717) is 22.2 Å². The molecular formula is C21H16N4O4. The van der Waals surface area contributed by atoms with E-state index in [9.17, 15) is 9.59 Å². The Morgan fingerprint density at radius 3 is 2.62 bits per heavy atom. The van der Waals surface area contributed by atoms with Crippen LogP contribution in [0.3, 0.4) is 0 Å². The van der Waals surface area contributed by atoms with E-state index in [1.807, 2.05) is 48.5 Å². The molecule has 0 spiro atoms. The fourth-order valence-corrected chi connectivity index (χ4v) is 2.81. The number of carbonyl (C=O) groups excluding carboxylic acids is 2. The van der Waals surface area contributed by atoms with Crippen LogP contribution in [0.2, 0.25) is 0 Å². The molecule has 0 fully saturated rings. The number of carbonyl (C=O) groups is 2. The van der Waals surface area contributed by atoms with Gasteiger partial charge in [0.25, 0.3) is 5.91 Å². The molecular weight excluding hydrogens is 372 g/mol. The average molecular weight is 388 g/mol. The Hall–Kier alpha value is -4.07. The lowest BCUT2D eigenvalue weighted by molar-refractivity contribution is -0.119. The van der Waals surface area contributed by atoms with Crippen LogP contribution in [0.15, 0.2) is 65.1 Å². The minimum absolute atomic E-state index is 0.0740. The molecule has 29 heavy (non-hydrogen) atoms. The zero-order valence-corrected chi connectivity index (χ0v) is 15.5. The number of amides is 1. The predicted octanol–water partition coefficient (Wildman–Crippen LogP) is 3.39. The third-order valence-corrected chi connectivity index (χ3v) is 4.09. The molecule has 4 rings (SSSR count). The second kappa shape index (κ2) is 7.89. The van der Waals surface area contributed by atoms with E-state index in [2.05, 4.69) is 20.5 Å². The van der Waals surface area contributed by atoms with Crippen LogP contribution in [0.5, 0.6) is 0 Å². The molecule has 0 unspecified atom stereocenters. The number of esters is 1. The fraction of sp³-hybridized carbons (Fsp3) is 0.0952. The van der Waals surface area contributed by atoms with E-state index < -0.39 is 18.5 Å². The van der Waals surface area contributed by atoms with Gasteiger partial charge in [-0.3, -0.25) is 15.1 Å². The number of nitrogens with zero attached hydrogens (tertiary/aromatic N) is 3. The van der Waals surface area contributed by atoms with Crippen molar-refractivity contribution in [3.8, 4) is 11.5 Å². The largest absolute Gasteiger partial charge is 0.452 e. The Labute approximate surface area is 165 Å². The third-order valence-electron chi connectivity index (χ3n) is 4.09. The standard InChI is InChI=1S/C21H16N4O4/c1-13-11-16(15-9-5-6-10-17(15)22-13)20(27)28-12-18(26)23-21-25-24-19(29-21)14-7-3-2-4-8-14/h2-11H,12H2,1H3,(H,23,25,26). The number of pyridine rings is 1. The maximum atomic E-state index is 12.5. The number of fused-ring (bicyclic) bond motifs is 1. The molecule has 0 saturated carbocycles. The summed E-state index contributed by atoms with van der Waals surface area (Å²) in [6.45, 7) is 1.30. The van der Waals surface area contributed by atoms with E-state index in [1.165, 1.54) is 0 Å². The molecule has 0 atom stereocenters. The summed E-state index contributed by atoms with van der Waals surface area (Å²) in [6.07, 6.45) is 0. The van der Waals surface area contributed by atoms with Crippen molar-refractivity contribution in [2.24, 2.45) is 0 Å². The molecule has 2 heterocycles. The van der Waals surface area contributed by atoms with Crippen molar-refractivity contribution in [3.63, 3.8) is 0 Å². The molecule has 0 saturated heterocycles. The highest BCUT2D eigenvalue weighted by molar-refractivity contribution is 6.04. The first-order valence-electron chi connectivity index (χ1n) is 8.82. The van der Waals surface area contributed by atoms with Gasteiger partial charge in [-0.15, -0.1) is 5.10 Å². The minimum Gasteiger partial charge on any atom is -0.452 e. The van der Waals surface area contributed by atoms with Gasteiger partial charge in [-0.1, -0.05) is 41.5 Å². The monoisotopic (exact) mass is 388 g/mol. The number of nitrogens with one attached hydrogen (secondary N) is 1. The van der Waals surface area contributed by atoms with Gasteiger partial charge in [0.1, 0.15) is 0 Å². The van der Waals surface area contributed by atoms with Gasteiger partial charge in [0.15, 0.2) is 6.61 Å². The van der Waals surface area contributed by atoms with Gasteiger partial charge in [-0.05, 0) is 31.2 Å². The Morgan fingerprint density at radius 2 is 1.79 bits per heavy atom. The number of ether oxygens (including phenoxy) is 1. The van der Waals surface area contributed by atoms with Crippen molar-refractivity contribution in [2.75, 3.05) is 11.9 Å². The van der Waals surface area contributed by atoms with E-state index in [-0.39, 0.29) is 11.9 Å². The fourth-order valence-electron chi connectivity index (χ4n) is 2.81. The Balaban J connectivity index is 1.40. The Kier molecular flexibility index (Phi) is 4.98. The smallest absolute Gasteiger partial charge is 0.339 e. The maximum absolute atomic E-state index is 12.5. The van der Waals surface area contributed by atoms with E-state index in [1.54, 1.807) is 19.1 Å². The third kappa shape index (κ3) is 4.11. The van der Waals surface area contributed by atoms with Crippen LogP contribution < -0.4 is 5.32 Å². The number of hydrogen-bond acceptors (Lipinski definition) is 7. The number of para-hydroxylation sites is 1. The molecule has 144 valence electrons. The lowest BCUT2D eigenvalue weighted by Gasteiger charge is -2.08. The summed E-state index contributed by atoms with van der Waals surface area (Å²) in [5, 5.41) is 10.7. The zero-order chi connectivity index (χ0) is 20.2. The Morgan fingerprint density at radius 1 is 1.03 bits per heavy atom. The summed E-state index contributed by atoms with van der Waals surface area (Å²) in [5.74, 6) is -0.925. The molecule has 2 aromatic heterocycles. The van der Waals surface area contributed by atoms with Crippen LogP contribution in [0.1, 0.15) is 16.1 Å². The second-order valence-electron chi connectivity index (χ2n) is 6.23. The van der Waals surface area contributed by atoms with Crippen LogP contribution in [-0.2, 0) is 9.53 Å². The number of rotatable bonds is 5. The number of aromatic nitrogens is 3. The van der Waals surface area contributed by atoms with Gasteiger partial charge < -0.3 is 9.15 Å². The molecule has 0 aliphatic rings. The van der Waals surface area contributed by atoms with Gasteiger partial charge in [0, 0.05) is 16.6 Å². The molecule has 4 aromatic rings. The van der Waals surface area contributed by atoms with E-state index in [0.717, 1.165) is 5.56 Å². The van der Waals surface area contributed by atoms with E-state index >= 15 is 0 Å². The summed E-state index contributed by atoms with van der Waals surface area (Å²) in [5.41, 5.74) is 2.44. The van der Waals surface area contributed by atoms with Gasteiger partial charge in [0.2, 0.25) is 5.89 Å². The summed E-state index contributed by atoms with van der Waals surface area (Å²) in [4.78, 5) is 29.0. The van der Waals surface area contributed by atoms with Crippen molar-refractivity contribution in [1.82, 2.24) is 15.2 Å². The summed E-state index contributed by atoms with van der Waals surface area (Å²) < 4.78 is 10.6. The Bertz CT molecular complexity index is 1190. The predicted molar refractivity (Wildman–Crippen MR) is 105 cm³/mol. The summed E-state index contributed by atoms with van der Waals surface area (Å²) in [7, 11) is 0. The van der Waals surface area contributed by atoms with Gasteiger partial charge in [0.05, 0.1) is 11.1 Å². The summed E-state index contributed by atoms with van der Waals surface area (Å²) >= 11 is 0. The van der Waals surface area contributed by atoms with Crippen molar-refractivity contribution < 1.29 is 18.7 Å². The first-order valence-corrected chi connectivity index (χ1v) is 8.82. The van der Waals surface area contributed by atoms with Gasteiger partial charge in [-0.25, -0.2) is 4.79 Å². The quantitative estimate of drug-likeness (QED) is 0.522. The zero-order valence-electron chi connectivity index (χ0n) is 15.5. The van der Waals surface area contributed by atoms with Gasteiger partial charge >= 0.3 is 12.0 Å². The number of aryl methyl sites for hydroxylation is 1. The van der Waals surface area contributed by atoms with Crippen molar-refractivity contribution >= 4 is 28.8 Å². The topological polar surface area (TPSA) is 107 Å². The maximum Gasteiger partial charge on any atom is 0.339 e. The number of anilines is 1. The van der Waals surface area contributed by atoms with Gasteiger partial charge in [-0.2, -0.15) is 0 Å². The minimum atomic E-state index is -0.614. The van der Waals surface area contributed by atoms with Crippen LogP contribution in [0.4, 0.5) is 6.01 Å². The van der Waals surface area contributed by atoms with Crippen LogP contribution >= 0.6 is 0 Å². The normalized spacial score (nSPS) is 10.7. The molecule has 0 bridgehead atoms. The molecule has 0 aliphatic heterocycles. The van der Waals surface area contributed by atoms with Crippen LogP contribution in [0, 0.1) is 6.92 Å². The SMILES string of the molecule is Cc1cc(C(=O)OCC(=O)Nc2nnc(-c3ccccc3)o2)c2ccccc2n1. The molecule has 0 radical (unpaired) electrons. The molecule has 1 N–H and O–H groups in total. The number of benzene rings is 2.